The van der Waals surface area contributed by atoms with E-state index >= 15 is 0 Å². The van der Waals surface area contributed by atoms with E-state index in [1.54, 1.807) is 0 Å². The molecule has 3 rings (SSSR count). The summed E-state index contributed by atoms with van der Waals surface area (Å²) in [6.45, 7) is 6.71. The van der Waals surface area contributed by atoms with Crippen molar-refractivity contribution in [2.45, 2.75) is 25.4 Å². The number of nitrogens with one attached hydrogen (secondary N) is 2. The van der Waals surface area contributed by atoms with E-state index in [0.717, 1.165) is 24.5 Å². The minimum atomic E-state index is -0.138. The molecular weight excluding hydrogens is 364 g/mol. The number of rotatable bonds is 6. The van der Waals surface area contributed by atoms with Gasteiger partial charge in [0.2, 0.25) is 5.91 Å². The van der Waals surface area contributed by atoms with E-state index in [0.29, 0.717) is 36.0 Å². The van der Waals surface area contributed by atoms with Gasteiger partial charge in [-0.1, -0.05) is 30.8 Å². The Bertz CT molecular complexity index is 862. The van der Waals surface area contributed by atoms with Gasteiger partial charge in [0.25, 0.3) is 5.56 Å². The van der Waals surface area contributed by atoms with Gasteiger partial charge in [0.15, 0.2) is 5.16 Å². The van der Waals surface area contributed by atoms with E-state index in [-0.39, 0.29) is 17.2 Å². The zero-order valence-electron chi connectivity index (χ0n) is 15.6. The highest BCUT2D eigenvalue weighted by atomic mass is 32.2. The molecule has 1 fully saturated rings. The fourth-order valence-electron chi connectivity index (χ4n) is 3.05. The maximum atomic E-state index is 12.4. The molecule has 0 radical (unpaired) electrons. The van der Waals surface area contributed by atoms with Crippen molar-refractivity contribution in [1.82, 2.24) is 9.97 Å². The summed E-state index contributed by atoms with van der Waals surface area (Å²) in [6.07, 6.45) is 0.637. The number of morpholine rings is 1. The highest BCUT2D eigenvalue weighted by Crippen LogP contribution is 2.26. The van der Waals surface area contributed by atoms with Gasteiger partial charge in [-0.3, -0.25) is 9.59 Å². The lowest BCUT2D eigenvalue weighted by atomic mass is 10.2. The molecule has 1 aliphatic heterocycles. The molecule has 0 atom stereocenters. The molecule has 1 aromatic carbocycles. The second-order valence-electron chi connectivity index (χ2n) is 6.24. The standard InChI is InChI=1S/C19H24N4O3S/c1-3-14-13(2)20-19(22-18(14)25)27-12-17(24)21-15-6-4-5-7-16(15)23-8-10-26-11-9-23/h4-7H,3,8-12H2,1-2H3,(H,21,24)(H,20,22,25). The van der Waals surface area contributed by atoms with Crippen molar-refractivity contribution in [3.63, 3.8) is 0 Å². The highest BCUT2D eigenvalue weighted by Gasteiger charge is 2.16. The number of hydrogen-bond donors (Lipinski definition) is 2. The van der Waals surface area contributed by atoms with Crippen molar-refractivity contribution in [2.75, 3.05) is 42.3 Å². The van der Waals surface area contributed by atoms with Crippen molar-refractivity contribution in [1.29, 1.82) is 0 Å². The minimum Gasteiger partial charge on any atom is -0.378 e. The number of aromatic amines is 1. The predicted octanol–water partition coefficient (Wildman–Crippen LogP) is 2.21. The summed E-state index contributed by atoms with van der Waals surface area (Å²) in [7, 11) is 0. The number of carbonyl (C=O) groups excluding carboxylic acids is 1. The van der Waals surface area contributed by atoms with E-state index in [1.165, 1.54) is 11.8 Å². The fourth-order valence-corrected chi connectivity index (χ4v) is 3.76. The largest absolute Gasteiger partial charge is 0.378 e. The summed E-state index contributed by atoms with van der Waals surface area (Å²) >= 11 is 1.22. The SMILES string of the molecule is CCc1c(C)nc(SCC(=O)Nc2ccccc2N2CCOCC2)[nH]c1=O. The molecule has 27 heavy (non-hydrogen) atoms. The van der Waals surface area contributed by atoms with Gasteiger partial charge in [0, 0.05) is 24.3 Å². The van der Waals surface area contributed by atoms with Gasteiger partial charge in [0.1, 0.15) is 0 Å². The number of anilines is 2. The van der Waals surface area contributed by atoms with E-state index in [4.69, 9.17) is 4.74 Å². The molecule has 2 heterocycles. The first-order valence-corrected chi connectivity index (χ1v) is 10.0. The average molecular weight is 388 g/mol. The Kier molecular flexibility index (Phi) is 6.52. The summed E-state index contributed by atoms with van der Waals surface area (Å²) in [6, 6.07) is 7.76. The number of carbonyl (C=O) groups is 1. The molecule has 0 aliphatic carbocycles. The third kappa shape index (κ3) is 4.90. The van der Waals surface area contributed by atoms with Crippen molar-refractivity contribution in [3.05, 3.63) is 45.9 Å². The molecule has 0 bridgehead atoms. The number of hydrogen-bond acceptors (Lipinski definition) is 6. The Morgan fingerprint density at radius 1 is 1.33 bits per heavy atom. The van der Waals surface area contributed by atoms with Gasteiger partial charge in [-0.05, 0) is 25.5 Å². The van der Waals surface area contributed by atoms with Gasteiger partial charge < -0.3 is 19.9 Å². The van der Waals surface area contributed by atoms with E-state index in [1.807, 2.05) is 38.1 Å². The van der Waals surface area contributed by atoms with Crippen LogP contribution in [0.5, 0.6) is 0 Å². The number of ether oxygens (including phenoxy) is 1. The van der Waals surface area contributed by atoms with Crippen LogP contribution in [-0.4, -0.2) is 47.9 Å². The van der Waals surface area contributed by atoms with Crippen LogP contribution in [0.4, 0.5) is 11.4 Å². The number of benzene rings is 1. The topological polar surface area (TPSA) is 87.3 Å². The molecule has 8 heteroatoms. The number of nitrogens with zero attached hydrogens (tertiary/aromatic N) is 2. The normalized spacial score (nSPS) is 14.2. The van der Waals surface area contributed by atoms with E-state index < -0.39 is 0 Å². The zero-order chi connectivity index (χ0) is 19.2. The Morgan fingerprint density at radius 2 is 2.07 bits per heavy atom. The maximum absolute atomic E-state index is 12.4. The molecule has 1 amide bonds. The summed E-state index contributed by atoms with van der Waals surface area (Å²) in [5, 5.41) is 3.43. The van der Waals surface area contributed by atoms with Crippen molar-refractivity contribution in [2.24, 2.45) is 0 Å². The summed E-state index contributed by atoms with van der Waals surface area (Å²) in [5.41, 5.74) is 3.04. The van der Waals surface area contributed by atoms with Crippen LogP contribution in [0, 0.1) is 6.92 Å². The van der Waals surface area contributed by atoms with Crippen LogP contribution in [-0.2, 0) is 16.0 Å². The van der Waals surface area contributed by atoms with E-state index in [2.05, 4.69) is 20.2 Å². The first kappa shape index (κ1) is 19.4. The summed E-state index contributed by atoms with van der Waals surface area (Å²) in [4.78, 5) is 33.8. The lowest BCUT2D eigenvalue weighted by Gasteiger charge is -2.30. The van der Waals surface area contributed by atoms with Crippen LogP contribution in [0.2, 0.25) is 0 Å². The number of aromatic nitrogens is 2. The van der Waals surface area contributed by atoms with Crippen LogP contribution >= 0.6 is 11.8 Å². The Labute approximate surface area is 162 Å². The van der Waals surface area contributed by atoms with Crippen molar-refractivity contribution < 1.29 is 9.53 Å². The number of thioether (sulfide) groups is 1. The molecule has 1 aliphatic rings. The molecule has 7 nitrogen and oxygen atoms in total. The number of aryl methyl sites for hydroxylation is 1. The Hall–Kier alpha value is -2.32. The number of para-hydroxylation sites is 2. The highest BCUT2D eigenvalue weighted by molar-refractivity contribution is 7.99. The quantitative estimate of drug-likeness (QED) is 0.583. The summed E-state index contributed by atoms with van der Waals surface area (Å²) < 4.78 is 5.40. The fraction of sp³-hybridized carbons (Fsp3) is 0.421. The molecule has 1 saturated heterocycles. The molecule has 0 saturated carbocycles. The molecule has 0 spiro atoms. The first-order chi connectivity index (χ1) is 13.1. The van der Waals surface area contributed by atoms with Gasteiger partial charge in [-0.25, -0.2) is 4.98 Å². The molecule has 2 aromatic rings. The molecule has 144 valence electrons. The Morgan fingerprint density at radius 3 is 2.78 bits per heavy atom. The van der Waals surface area contributed by atoms with Gasteiger partial charge in [0.05, 0.1) is 30.3 Å². The van der Waals surface area contributed by atoms with Crippen LogP contribution < -0.4 is 15.8 Å². The average Bonchev–Trinajstić information content (AvgIpc) is 2.67. The van der Waals surface area contributed by atoms with Crippen LogP contribution in [0.3, 0.4) is 0 Å². The van der Waals surface area contributed by atoms with Crippen LogP contribution in [0.25, 0.3) is 0 Å². The minimum absolute atomic E-state index is 0.134. The van der Waals surface area contributed by atoms with E-state index in [9.17, 15) is 9.59 Å². The molecule has 0 unspecified atom stereocenters. The number of amides is 1. The second-order valence-corrected chi connectivity index (χ2v) is 7.21. The van der Waals surface area contributed by atoms with Gasteiger partial charge in [-0.15, -0.1) is 0 Å². The Balaban J connectivity index is 1.64. The third-order valence-electron chi connectivity index (χ3n) is 4.42. The van der Waals surface area contributed by atoms with Gasteiger partial charge in [-0.2, -0.15) is 0 Å². The van der Waals surface area contributed by atoms with Crippen LogP contribution in [0.15, 0.2) is 34.2 Å². The molecular formula is C19H24N4O3S. The van der Waals surface area contributed by atoms with Gasteiger partial charge >= 0.3 is 0 Å². The van der Waals surface area contributed by atoms with Crippen molar-refractivity contribution >= 4 is 29.0 Å². The first-order valence-electron chi connectivity index (χ1n) is 9.02. The van der Waals surface area contributed by atoms with Crippen LogP contribution in [0.1, 0.15) is 18.2 Å². The predicted molar refractivity (Wildman–Crippen MR) is 108 cm³/mol. The van der Waals surface area contributed by atoms with Crippen molar-refractivity contribution in [3.8, 4) is 0 Å². The summed E-state index contributed by atoms with van der Waals surface area (Å²) in [5.74, 6) is 0.0336. The monoisotopic (exact) mass is 388 g/mol. The molecule has 2 N–H and O–H groups in total. The zero-order valence-corrected chi connectivity index (χ0v) is 16.4. The third-order valence-corrected chi connectivity index (χ3v) is 5.30. The lowest BCUT2D eigenvalue weighted by Crippen LogP contribution is -2.36. The lowest BCUT2D eigenvalue weighted by molar-refractivity contribution is -0.113. The maximum Gasteiger partial charge on any atom is 0.254 e. The second kappa shape index (κ2) is 9.05. The number of H-pyrrole nitrogens is 1. The smallest absolute Gasteiger partial charge is 0.254 e. The molecule has 1 aromatic heterocycles.